The number of anilines is 1. The van der Waals surface area contributed by atoms with Crippen molar-refractivity contribution in [2.75, 3.05) is 5.73 Å². The van der Waals surface area contributed by atoms with Crippen molar-refractivity contribution in [1.29, 1.82) is 0 Å². The van der Waals surface area contributed by atoms with Crippen molar-refractivity contribution in [3.63, 3.8) is 0 Å². The SMILES string of the molecule is CCCc1nc2cc(N)ccc2n1C1CC2CCC1O2. The first-order valence-corrected chi connectivity index (χ1v) is 7.68. The molecule has 0 saturated carbocycles. The highest BCUT2D eigenvalue weighted by molar-refractivity contribution is 5.80. The molecule has 0 amide bonds. The average Bonchev–Trinajstić information content (AvgIpc) is 3.11. The molecule has 20 heavy (non-hydrogen) atoms. The Balaban J connectivity index is 1.85. The summed E-state index contributed by atoms with van der Waals surface area (Å²) in [7, 11) is 0. The lowest BCUT2D eigenvalue weighted by atomic mass is 9.95. The normalized spacial score (nSPS) is 28.6. The van der Waals surface area contributed by atoms with Crippen LogP contribution in [0.1, 0.15) is 44.5 Å². The number of imidazole rings is 1. The molecular formula is C16H21N3O. The average molecular weight is 271 g/mol. The van der Waals surface area contributed by atoms with Gasteiger partial charge in [0.05, 0.1) is 29.3 Å². The molecule has 4 nitrogen and oxygen atoms in total. The third-order valence-corrected chi connectivity index (χ3v) is 4.67. The van der Waals surface area contributed by atoms with E-state index in [4.69, 9.17) is 15.5 Å². The minimum Gasteiger partial charge on any atom is -0.399 e. The van der Waals surface area contributed by atoms with Crippen molar-refractivity contribution < 1.29 is 4.74 Å². The van der Waals surface area contributed by atoms with Crippen LogP contribution in [0.4, 0.5) is 5.69 Å². The van der Waals surface area contributed by atoms with E-state index in [1.54, 1.807) is 0 Å². The van der Waals surface area contributed by atoms with Crippen LogP contribution in [-0.2, 0) is 11.2 Å². The minimum absolute atomic E-state index is 0.380. The molecule has 0 spiro atoms. The minimum atomic E-state index is 0.380. The van der Waals surface area contributed by atoms with E-state index in [2.05, 4.69) is 17.6 Å². The summed E-state index contributed by atoms with van der Waals surface area (Å²) in [5.74, 6) is 1.19. The molecule has 2 fully saturated rings. The predicted molar refractivity (Wildman–Crippen MR) is 79.7 cm³/mol. The molecule has 3 atom stereocenters. The number of fused-ring (bicyclic) bond motifs is 3. The summed E-state index contributed by atoms with van der Waals surface area (Å²) in [6, 6.07) is 6.54. The molecule has 3 unspecified atom stereocenters. The highest BCUT2D eigenvalue weighted by Crippen LogP contribution is 2.43. The second-order valence-electron chi connectivity index (χ2n) is 6.07. The van der Waals surface area contributed by atoms with Gasteiger partial charge in [0.25, 0.3) is 0 Å². The zero-order chi connectivity index (χ0) is 13.7. The molecular weight excluding hydrogens is 250 g/mol. The van der Waals surface area contributed by atoms with E-state index in [1.165, 1.54) is 24.2 Å². The molecule has 1 aromatic carbocycles. The number of nitrogen functional groups attached to an aromatic ring is 1. The van der Waals surface area contributed by atoms with Crippen LogP contribution < -0.4 is 5.73 Å². The van der Waals surface area contributed by atoms with Crippen molar-refractivity contribution in [3.8, 4) is 0 Å². The fourth-order valence-electron chi connectivity index (χ4n) is 3.82. The summed E-state index contributed by atoms with van der Waals surface area (Å²) in [5, 5.41) is 0. The first-order valence-electron chi connectivity index (χ1n) is 7.68. The number of benzene rings is 1. The topological polar surface area (TPSA) is 53.1 Å². The summed E-state index contributed by atoms with van der Waals surface area (Å²) in [6.07, 6.45) is 6.52. The lowest BCUT2D eigenvalue weighted by Crippen LogP contribution is -2.22. The highest BCUT2D eigenvalue weighted by atomic mass is 16.5. The van der Waals surface area contributed by atoms with E-state index in [-0.39, 0.29) is 0 Å². The Morgan fingerprint density at radius 2 is 2.30 bits per heavy atom. The van der Waals surface area contributed by atoms with Gasteiger partial charge < -0.3 is 15.0 Å². The number of nitrogens with zero attached hydrogens (tertiary/aromatic N) is 2. The van der Waals surface area contributed by atoms with Gasteiger partial charge in [-0.1, -0.05) is 6.92 Å². The second kappa shape index (κ2) is 4.48. The first kappa shape index (κ1) is 12.2. The van der Waals surface area contributed by atoms with Crippen molar-refractivity contribution >= 4 is 16.7 Å². The molecule has 2 aliphatic heterocycles. The van der Waals surface area contributed by atoms with Gasteiger partial charge in [0, 0.05) is 12.1 Å². The van der Waals surface area contributed by atoms with Gasteiger partial charge in [0.2, 0.25) is 0 Å². The molecule has 2 aliphatic rings. The lowest BCUT2D eigenvalue weighted by molar-refractivity contribution is 0.0939. The maximum atomic E-state index is 6.04. The third kappa shape index (κ3) is 1.74. The number of nitrogens with two attached hydrogens (primary N) is 1. The molecule has 0 radical (unpaired) electrons. The Morgan fingerprint density at radius 1 is 1.40 bits per heavy atom. The quantitative estimate of drug-likeness (QED) is 0.873. The van der Waals surface area contributed by atoms with Crippen LogP contribution in [0.15, 0.2) is 18.2 Å². The number of hydrogen-bond donors (Lipinski definition) is 1. The van der Waals surface area contributed by atoms with E-state index in [9.17, 15) is 0 Å². The fraction of sp³-hybridized carbons (Fsp3) is 0.562. The Hall–Kier alpha value is -1.55. The molecule has 2 N–H and O–H groups in total. The molecule has 0 aliphatic carbocycles. The Bertz CT molecular complexity index is 648. The highest BCUT2D eigenvalue weighted by Gasteiger charge is 2.42. The van der Waals surface area contributed by atoms with Crippen LogP contribution in [0.2, 0.25) is 0 Å². The standard InChI is InChI=1S/C16H21N3O/c1-2-3-16-18-12-8-10(17)4-6-13(12)19(16)14-9-11-5-7-15(14)20-11/h4,6,8,11,14-15H,2-3,5,7,9,17H2,1H3. The number of ether oxygens (including phenoxy) is 1. The van der Waals surface area contributed by atoms with Crippen LogP contribution >= 0.6 is 0 Å². The summed E-state index contributed by atoms with van der Waals surface area (Å²) in [5.41, 5.74) is 8.92. The van der Waals surface area contributed by atoms with Gasteiger partial charge in [-0.25, -0.2) is 4.98 Å². The summed E-state index contributed by atoms with van der Waals surface area (Å²) in [6.45, 7) is 2.20. The molecule has 4 rings (SSSR count). The van der Waals surface area contributed by atoms with Gasteiger partial charge in [-0.15, -0.1) is 0 Å². The summed E-state index contributed by atoms with van der Waals surface area (Å²) < 4.78 is 8.47. The molecule has 4 heteroatoms. The Labute approximate surface area is 118 Å². The third-order valence-electron chi connectivity index (χ3n) is 4.67. The van der Waals surface area contributed by atoms with Gasteiger partial charge in [0.15, 0.2) is 0 Å². The van der Waals surface area contributed by atoms with E-state index < -0.39 is 0 Å². The molecule has 2 saturated heterocycles. The van der Waals surface area contributed by atoms with E-state index >= 15 is 0 Å². The molecule has 106 valence electrons. The molecule has 1 aromatic heterocycles. The summed E-state index contributed by atoms with van der Waals surface area (Å²) >= 11 is 0. The second-order valence-corrected chi connectivity index (χ2v) is 6.07. The maximum Gasteiger partial charge on any atom is 0.110 e. The largest absolute Gasteiger partial charge is 0.399 e. The van der Waals surface area contributed by atoms with Crippen molar-refractivity contribution in [1.82, 2.24) is 9.55 Å². The van der Waals surface area contributed by atoms with Gasteiger partial charge in [-0.3, -0.25) is 0 Å². The van der Waals surface area contributed by atoms with E-state index in [0.717, 1.165) is 30.5 Å². The number of aromatic nitrogens is 2. The first-order chi connectivity index (χ1) is 9.76. The van der Waals surface area contributed by atoms with Gasteiger partial charge in [-0.05, 0) is 43.9 Å². The molecule has 2 aromatic rings. The smallest absolute Gasteiger partial charge is 0.110 e. The predicted octanol–water partition coefficient (Wildman–Crippen LogP) is 3.06. The fourth-order valence-corrected chi connectivity index (χ4v) is 3.82. The van der Waals surface area contributed by atoms with Crippen LogP contribution in [0.3, 0.4) is 0 Å². The Morgan fingerprint density at radius 3 is 3.00 bits per heavy atom. The van der Waals surface area contributed by atoms with Crippen LogP contribution in [0.25, 0.3) is 11.0 Å². The van der Waals surface area contributed by atoms with Gasteiger partial charge >= 0.3 is 0 Å². The monoisotopic (exact) mass is 271 g/mol. The molecule has 2 bridgehead atoms. The number of hydrogen-bond acceptors (Lipinski definition) is 3. The van der Waals surface area contributed by atoms with Crippen molar-refractivity contribution in [2.24, 2.45) is 0 Å². The Kier molecular flexibility index (Phi) is 2.74. The lowest BCUT2D eigenvalue weighted by Gasteiger charge is -2.23. The van der Waals surface area contributed by atoms with E-state index in [1.807, 2.05) is 12.1 Å². The van der Waals surface area contributed by atoms with Crippen LogP contribution in [0.5, 0.6) is 0 Å². The maximum absolute atomic E-state index is 6.04. The molecule has 3 heterocycles. The number of aryl methyl sites for hydroxylation is 1. The number of rotatable bonds is 3. The van der Waals surface area contributed by atoms with Crippen molar-refractivity contribution in [2.45, 2.75) is 57.3 Å². The van der Waals surface area contributed by atoms with E-state index in [0.29, 0.717) is 18.2 Å². The summed E-state index contributed by atoms with van der Waals surface area (Å²) in [4.78, 5) is 4.82. The van der Waals surface area contributed by atoms with Crippen LogP contribution in [0, 0.1) is 0 Å². The zero-order valence-electron chi connectivity index (χ0n) is 11.9. The van der Waals surface area contributed by atoms with Gasteiger partial charge in [-0.2, -0.15) is 0 Å². The zero-order valence-corrected chi connectivity index (χ0v) is 11.9. The van der Waals surface area contributed by atoms with Gasteiger partial charge in [0.1, 0.15) is 5.82 Å². The van der Waals surface area contributed by atoms with Crippen LogP contribution in [-0.4, -0.2) is 21.8 Å². The van der Waals surface area contributed by atoms with Crippen molar-refractivity contribution in [3.05, 3.63) is 24.0 Å².